The minimum atomic E-state index is -0.381. The van der Waals surface area contributed by atoms with E-state index in [4.69, 9.17) is 9.15 Å². The Balaban J connectivity index is 1.71. The zero-order valence-electron chi connectivity index (χ0n) is 18.8. The number of aromatic hydroxyl groups is 3. The molecule has 0 aliphatic rings. The first-order chi connectivity index (χ1) is 15.9. The molecule has 0 fully saturated rings. The van der Waals surface area contributed by atoms with Crippen molar-refractivity contribution < 1.29 is 29.3 Å². The fourth-order valence-electron chi connectivity index (χ4n) is 3.92. The average Bonchev–Trinajstić information content (AvgIpc) is 2.76. The van der Waals surface area contributed by atoms with Gasteiger partial charge in [-0.25, -0.2) is 0 Å². The molecule has 0 aliphatic carbocycles. The first-order valence-electron chi connectivity index (χ1n) is 11.4. The van der Waals surface area contributed by atoms with Crippen molar-refractivity contribution in [2.75, 3.05) is 6.61 Å². The number of rotatable bonds is 11. The van der Waals surface area contributed by atoms with Gasteiger partial charge in [0.05, 0.1) is 12.2 Å². The fraction of sp³-hybridized carbons (Fsp3) is 0.385. The SMILES string of the molecule is CCOC(=O)CCCCCCCCc1oc2cc(O)cc(O)c2c(=O)c1-c1ccc(O)cc1. The molecule has 33 heavy (non-hydrogen) atoms. The van der Waals surface area contributed by atoms with Crippen LogP contribution in [0.25, 0.3) is 22.1 Å². The van der Waals surface area contributed by atoms with Crippen molar-refractivity contribution in [3.63, 3.8) is 0 Å². The number of fused-ring (bicyclic) bond motifs is 1. The second-order valence-electron chi connectivity index (χ2n) is 8.04. The molecule has 1 heterocycles. The van der Waals surface area contributed by atoms with Gasteiger partial charge in [-0.3, -0.25) is 9.59 Å². The van der Waals surface area contributed by atoms with E-state index < -0.39 is 0 Å². The predicted octanol–water partition coefficient (Wildman–Crippen LogP) is 5.41. The van der Waals surface area contributed by atoms with Crippen LogP contribution >= 0.6 is 0 Å². The highest BCUT2D eigenvalue weighted by Gasteiger charge is 2.19. The quantitative estimate of drug-likeness (QED) is 0.262. The molecular weight excluding hydrogens is 424 g/mol. The molecule has 176 valence electrons. The van der Waals surface area contributed by atoms with Gasteiger partial charge in [0.25, 0.3) is 0 Å². The number of hydrogen-bond acceptors (Lipinski definition) is 7. The lowest BCUT2D eigenvalue weighted by Crippen LogP contribution is -2.09. The Morgan fingerprint density at radius 1 is 0.909 bits per heavy atom. The summed E-state index contributed by atoms with van der Waals surface area (Å²) in [6.07, 6.45) is 6.47. The second-order valence-corrected chi connectivity index (χ2v) is 8.04. The van der Waals surface area contributed by atoms with Crippen LogP contribution in [0.1, 0.15) is 57.6 Å². The summed E-state index contributed by atoms with van der Waals surface area (Å²) in [6, 6.07) is 8.70. The van der Waals surface area contributed by atoms with Crippen molar-refractivity contribution in [3.8, 4) is 28.4 Å². The van der Waals surface area contributed by atoms with E-state index in [0.717, 1.165) is 44.6 Å². The molecule has 1 aromatic heterocycles. The Bertz CT molecular complexity index is 1150. The van der Waals surface area contributed by atoms with Crippen molar-refractivity contribution in [1.82, 2.24) is 0 Å². The molecule has 0 amide bonds. The molecule has 0 spiro atoms. The average molecular weight is 455 g/mol. The molecule has 0 saturated carbocycles. The number of hydrogen-bond donors (Lipinski definition) is 3. The van der Waals surface area contributed by atoms with Crippen LogP contribution in [0.15, 0.2) is 45.6 Å². The van der Waals surface area contributed by atoms with Crippen LogP contribution < -0.4 is 5.43 Å². The standard InChI is InChI=1S/C26H30O7/c1-2-32-23(30)10-8-6-4-3-5-7-9-21-24(17-11-13-18(27)14-12-17)26(31)25-20(29)15-19(28)16-22(25)33-21/h11-16,27-29H,2-10H2,1H3. The summed E-state index contributed by atoms with van der Waals surface area (Å²) in [7, 11) is 0. The molecule has 3 N–H and O–H groups in total. The Morgan fingerprint density at radius 3 is 2.27 bits per heavy atom. The molecule has 3 aromatic rings. The Labute approximate surface area is 192 Å². The summed E-state index contributed by atoms with van der Waals surface area (Å²) in [5.74, 6) is -0.114. The number of ether oxygens (including phenoxy) is 1. The summed E-state index contributed by atoms with van der Waals surface area (Å²) >= 11 is 0. The second kappa shape index (κ2) is 11.4. The van der Waals surface area contributed by atoms with Crippen molar-refractivity contribution in [1.29, 1.82) is 0 Å². The summed E-state index contributed by atoms with van der Waals surface area (Å²) in [5, 5.41) is 29.7. The fourth-order valence-corrected chi connectivity index (χ4v) is 3.92. The lowest BCUT2D eigenvalue weighted by molar-refractivity contribution is -0.143. The maximum Gasteiger partial charge on any atom is 0.305 e. The summed E-state index contributed by atoms with van der Waals surface area (Å²) in [5.41, 5.74) is 0.685. The third-order valence-electron chi connectivity index (χ3n) is 5.53. The zero-order chi connectivity index (χ0) is 23.8. The van der Waals surface area contributed by atoms with Gasteiger partial charge in [-0.05, 0) is 37.5 Å². The van der Waals surface area contributed by atoms with Crippen LogP contribution in [0.3, 0.4) is 0 Å². The van der Waals surface area contributed by atoms with Gasteiger partial charge in [0.2, 0.25) is 5.43 Å². The Hall–Kier alpha value is -3.48. The van der Waals surface area contributed by atoms with E-state index in [0.29, 0.717) is 36.3 Å². The van der Waals surface area contributed by atoms with Gasteiger partial charge < -0.3 is 24.5 Å². The van der Waals surface area contributed by atoms with E-state index in [1.54, 1.807) is 19.1 Å². The van der Waals surface area contributed by atoms with Gasteiger partial charge in [-0.1, -0.05) is 37.8 Å². The maximum atomic E-state index is 13.3. The summed E-state index contributed by atoms with van der Waals surface area (Å²) in [6.45, 7) is 2.21. The van der Waals surface area contributed by atoms with E-state index in [-0.39, 0.29) is 39.6 Å². The maximum absolute atomic E-state index is 13.3. The Morgan fingerprint density at radius 2 is 1.58 bits per heavy atom. The van der Waals surface area contributed by atoms with Crippen molar-refractivity contribution in [3.05, 3.63) is 52.4 Å². The summed E-state index contributed by atoms with van der Waals surface area (Å²) < 4.78 is 10.9. The Kier molecular flexibility index (Phi) is 8.35. The lowest BCUT2D eigenvalue weighted by Gasteiger charge is -2.12. The van der Waals surface area contributed by atoms with Gasteiger partial charge in [-0.2, -0.15) is 0 Å². The van der Waals surface area contributed by atoms with Gasteiger partial charge in [0.15, 0.2) is 0 Å². The van der Waals surface area contributed by atoms with Crippen molar-refractivity contribution >= 4 is 16.9 Å². The van der Waals surface area contributed by atoms with Gasteiger partial charge in [-0.15, -0.1) is 0 Å². The van der Waals surface area contributed by atoms with E-state index in [1.807, 2.05) is 0 Å². The number of unbranched alkanes of at least 4 members (excludes halogenated alkanes) is 5. The molecular formula is C26H30O7. The van der Waals surface area contributed by atoms with Crippen LogP contribution in [-0.4, -0.2) is 27.9 Å². The topological polar surface area (TPSA) is 117 Å². The highest BCUT2D eigenvalue weighted by molar-refractivity contribution is 5.88. The van der Waals surface area contributed by atoms with E-state index >= 15 is 0 Å². The van der Waals surface area contributed by atoms with Crippen molar-refractivity contribution in [2.45, 2.75) is 58.3 Å². The third kappa shape index (κ3) is 6.28. The molecule has 0 bridgehead atoms. The normalized spacial score (nSPS) is 11.1. The smallest absolute Gasteiger partial charge is 0.305 e. The number of benzene rings is 2. The number of carbonyl (C=O) groups is 1. The van der Waals surface area contributed by atoms with Crippen LogP contribution in [-0.2, 0) is 16.0 Å². The van der Waals surface area contributed by atoms with E-state index in [1.165, 1.54) is 18.2 Å². The first kappa shape index (κ1) is 24.2. The number of aryl methyl sites for hydroxylation is 1. The molecule has 2 aromatic carbocycles. The third-order valence-corrected chi connectivity index (χ3v) is 5.53. The minimum Gasteiger partial charge on any atom is -0.508 e. The number of esters is 1. The minimum absolute atomic E-state index is 0.0150. The molecule has 0 atom stereocenters. The first-order valence-corrected chi connectivity index (χ1v) is 11.4. The molecule has 0 aliphatic heterocycles. The highest BCUT2D eigenvalue weighted by Crippen LogP contribution is 2.33. The van der Waals surface area contributed by atoms with Gasteiger partial charge >= 0.3 is 5.97 Å². The highest BCUT2D eigenvalue weighted by atomic mass is 16.5. The number of phenolic OH excluding ortho intramolecular Hbond substituents is 3. The largest absolute Gasteiger partial charge is 0.508 e. The number of carbonyl (C=O) groups excluding carboxylic acids is 1. The van der Waals surface area contributed by atoms with Gasteiger partial charge in [0, 0.05) is 25.0 Å². The molecule has 3 rings (SSSR count). The molecule has 0 saturated heterocycles. The molecule has 0 unspecified atom stereocenters. The number of phenols is 3. The molecule has 7 heteroatoms. The van der Waals surface area contributed by atoms with Gasteiger partial charge in [0.1, 0.15) is 34.0 Å². The van der Waals surface area contributed by atoms with Crippen molar-refractivity contribution in [2.24, 2.45) is 0 Å². The van der Waals surface area contributed by atoms with Crippen LogP contribution in [0, 0.1) is 0 Å². The van der Waals surface area contributed by atoms with E-state index in [2.05, 4.69) is 0 Å². The van der Waals surface area contributed by atoms with E-state index in [9.17, 15) is 24.9 Å². The predicted molar refractivity (Wildman–Crippen MR) is 126 cm³/mol. The molecule has 7 nitrogen and oxygen atoms in total. The molecule has 0 radical (unpaired) electrons. The lowest BCUT2D eigenvalue weighted by atomic mass is 9.98. The zero-order valence-corrected chi connectivity index (χ0v) is 18.8. The van der Waals surface area contributed by atoms with Crippen LogP contribution in [0.4, 0.5) is 0 Å². The summed E-state index contributed by atoms with van der Waals surface area (Å²) in [4.78, 5) is 24.6. The van der Waals surface area contributed by atoms with Crippen LogP contribution in [0.5, 0.6) is 17.2 Å². The monoisotopic (exact) mass is 454 g/mol. The van der Waals surface area contributed by atoms with Crippen LogP contribution in [0.2, 0.25) is 0 Å².